The van der Waals surface area contributed by atoms with Gasteiger partial charge in [0.1, 0.15) is 0 Å². The van der Waals surface area contributed by atoms with E-state index < -0.39 is 5.54 Å². The van der Waals surface area contributed by atoms with Gasteiger partial charge < -0.3 is 15.7 Å². The summed E-state index contributed by atoms with van der Waals surface area (Å²) in [6.07, 6.45) is 4.47. The quantitative estimate of drug-likeness (QED) is 0.717. The first-order chi connectivity index (χ1) is 11.6. The summed E-state index contributed by atoms with van der Waals surface area (Å²) in [5.74, 6) is 0.411. The first-order valence-corrected chi connectivity index (χ1v) is 9.05. The third kappa shape index (κ3) is 4.28. The fourth-order valence-electron chi connectivity index (χ4n) is 3.66. The molecule has 1 heterocycles. The number of likely N-dealkylation sites (tertiary alicyclic amines) is 1. The summed E-state index contributed by atoms with van der Waals surface area (Å²) < 4.78 is 0. The maximum atomic E-state index is 12.2. The van der Waals surface area contributed by atoms with Crippen molar-refractivity contribution in [1.82, 2.24) is 15.5 Å². The Morgan fingerprint density at radius 2 is 2.04 bits per heavy atom. The molecule has 1 aromatic carbocycles. The van der Waals surface area contributed by atoms with Gasteiger partial charge in [-0.05, 0) is 50.6 Å². The molecule has 0 spiro atoms. The average molecular weight is 331 g/mol. The predicted molar refractivity (Wildman–Crippen MR) is 94.6 cm³/mol. The largest absolute Gasteiger partial charge is 0.394 e. The van der Waals surface area contributed by atoms with E-state index >= 15 is 0 Å². The molecule has 0 radical (unpaired) electrons. The van der Waals surface area contributed by atoms with Gasteiger partial charge in [0.05, 0.1) is 12.1 Å². The van der Waals surface area contributed by atoms with Gasteiger partial charge >= 0.3 is 6.03 Å². The number of hydrogen-bond donors (Lipinski definition) is 3. The van der Waals surface area contributed by atoms with Crippen molar-refractivity contribution < 1.29 is 9.90 Å². The van der Waals surface area contributed by atoms with E-state index in [-0.39, 0.29) is 12.6 Å². The minimum absolute atomic E-state index is 0.00531. The Hall–Kier alpha value is -1.59. The van der Waals surface area contributed by atoms with Crippen LogP contribution < -0.4 is 10.6 Å². The maximum absolute atomic E-state index is 12.2. The van der Waals surface area contributed by atoms with Crippen LogP contribution in [0.4, 0.5) is 4.79 Å². The second-order valence-electron chi connectivity index (χ2n) is 7.44. The number of aliphatic hydroxyl groups is 1. The Bertz CT molecular complexity index is 547. The fourth-order valence-corrected chi connectivity index (χ4v) is 3.66. The normalized spacial score (nSPS) is 23.7. The average Bonchev–Trinajstić information content (AvgIpc) is 3.36. The molecule has 2 unspecified atom stereocenters. The lowest BCUT2D eigenvalue weighted by Crippen LogP contribution is -2.55. The van der Waals surface area contributed by atoms with Crippen molar-refractivity contribution in [2.45, 2.75) is 50.7 Å². The Labute approximate surface area is 144 Å². The molecular formula is C19H29N3O2. The highest BCUT2D eigenvalue weighted by atomic mass is 16.3. The molecule has 0 bridgehead atoms. The standard InChI is InChI=1S/C19H29N3O2/c1-19(14-23,16-9-10-16)21-18(24)20-12-17-8-5-11-22(17)13-15-6-3-2-4-7-15/h2-4,6-7,16-17,23H,5,8-14H2,1H3,(H2,20,21,24). The van der Waals surface area contributed by atoms with Crippen LogP contribution in [0.1, 0.15) is 38.2 Å². The molecule has 132 valence electrons. The molecule has 24 heavy (non-hydrogen) atoms. The summed E-state index contributed by atoms with van der Waals surface area (Å²) in [6, 6.07) is 10.7. The Balaban J connectivity index is 1.47. The minimum Gasteiger partial charge on any atom is -0.394 e. The Morgan fingerprint density at radius 1 is 1.29 bits per heavy atom. The van der Waals surface area contributed by atoms with E-state index in [4.69, 9.17) is 0 Å². The van der Waals surface area contributed by atoms with Crippen molar-refractivity contribution in [3.63, 3.8) is 0 Å². The van der Waals surface area contributed by atoms with Crippen LogP contribution in [0.3, 0.4) is 0 Å². The van der Waals surface area contributed by atoms with Gasteiger partial charge in [-0.15, -0.1) is 0 Å². The van der Waals surface area contributed by atoms with E-state index in [2.05, 4.69) is 39.8 Å². The molecule has 3 N–H and O–H groups in total. The smallest absolute Gasteiger partial charge is 0.315 e. The number of urea groups is 1. The molecule has 5 nitrogen and oxygen atoms in total. The lowest BCUT2D eigenvalue weighted by molar-refractivity contribution is 0.153. The molecule has 2 atom stereocenters. The Morgan fingerprint density at radius 3 is 2.71 bits per heavy atom. The van der Waals surface area contributed by atoms with Gasteiger partial charge in [-0.25, -0.2) is 4.79 Å². The summed E-state index contributed by atoms with van der Waals surface area (Å²) >= 11 is 0. The van der Waals surface area contributed by atoms with E-state index in [1.165, 1.54) is 12.0 Å². The molecule has 3 rings (SSSR count). The van der Waals surface area contributed by atoms with Gasteiger partial charge in [0, 0.05) is 19.1 Å². The number of aliphatic hydroxyl groups excluding tert-OH is 1. The van der Waals surface area contributed by atoms with Crippen molar-refractivity contribution in [2.75, 3.05) is 19.7 Å². The molecule has 1 saturated carbocycles. The third-order valence-electron chi connectivity index (χ3n) is 5.43. The van der Waals surface area contributed by atoms with Gasteiger partial charge in [-0.2, -0.15) is 0 Å². The van der Waals surface area contributed by atoms with Crippen LogP contribution in [0.25, 0.3) is 0 Å². The zero-order valence-corrected chi connectivity index (χ0v) is 14.5. The van der Waals surface area contributed by atoms with Crippen LogP contribution in [0, 0.1) is 5.92 Å². The van der Waals surface area contributed by atoms with Crippen LogP contribution in [0.2, 0.25) is 0 Å². The number of benzene rings is 1. The van der Waals surface area contributed by atoms with Gasteiger partial charge in [-0.1, -0.05) is 30.3 Å². The number of carbonyl (C=O) groups excluding carboxylic acids is 1. The summed E-state index contributed by atoms with van der Waals surface area (Å²) in [5.41, 5.74) is 0.833. The fraction of sp³-hybridized carbons (Fsp3) is 0.632. The van der Waals surface area contributed by atoms with Crippen LogP contribution in [-0.4, -0.2) is 47.3 Å². The van der Waals surface area contributed by atoms with Crippen LogP contribution in [0.15, 0.2) is 30.3 Å². The lowest BCUT2D eigenvalue weighted by Gasteiger charge is -2.30. The van der Waals surface area contributed by atoms with E-state index in [0.29, 0.717) is 18.5 Å². The number of carbonyl (C=O) groups is 1. The van der Waals surface area contributed by atoms with Crippen molar-refractivity contribution in [1.29, 1.82) is 0 Å². The summed E-state index contributed by atoms with van der Waals surface area (Å²) in [5, 5.41) is 15.6. The molecule has 1 saturated heterocycles. The third-order valence-corrected chi connectivity index (χ3v) is 5.43. The zero-order chi connectivity index (χ0) is 17.0. The second kappa shape index (κ2) is 7.53. The summed E-state index contributed by atoms with van der Waals surface area (Å²) in [7, 11) is 0. The van der Waals surface area contributed by atoms with Crippen LogP contribution >= 0.6 is 0 Å². The molecule has 2 fully saturated rings. The van der Waals surface area contributed by atoms with Crippen molar-refractivity contribution >= 4 is 6.03 Å². The number of amides is 2. The topological polar surface area (TPSA) is 64.6 Å². The predicted octanol–water partition coefficient (Wildman–Crippen LogP) is 2.11. The molecule has 2 aliphatic rings. The van der Waals surface area contributed by atoms with Gasteiger partial charge in [0.15, 0.2) is 0 Å². The summed E-state index contributed by atoms with van der Waals surface area (Å²) in [4.78, 5) is 14.7. The lowest BCUT2D eigenvalue weighted by atomic mass is 9.97. The first kappa shape index (κ1) is 17.2. The first-order valence-electron chi connectivity index (χ1n) is 9.05. The number of hydrogen-bond acceptors (Lipinski definition) is 3. The van der Waals surface area contributed by atoms with Crippen molar-refractivity contribution in [3.8, 4) is 0 Å². The highest BCUT2D eigenvalue weighted by molar-refractivity contribution is 5.75. The SMILES string of the molecule is CC(CO)(NC(=O)NCC1CCCN1Cc1ccccc1)C1CC1. The molecule has 1 aliphatic heterocycles. The van der Waals surface area contributed by atoms with Crippen LogP contribution in [-0.2, 0) is 6.54 Å². The van der Waals surface area contributed by atoms with E-state index in [0.717, 1.165) is 32.4 Å². The molecule has 1 aromatic rings. The molecule has 0 aromatic heterocycles. The van der Waals surface area contributed by atoms with Crippen molar-refractivity contribution in [2.24, 2.45) is 5.92 Å². The number of nitrogens with one attached hydrogen (secondary N) is 2. The van der Waals surface area contributed by atoms with Crippen molar-refractivity contribution in [3.05, 3.63) is 35.9 Å². The molecular weight excluding hydrogens is 302 g/mol. The molecule has 5 heteroatoms. The van der Waals surface area contributed by atoms with E-state index in [9.17, 15) is 9.90 Å². The highest BCUT2D eigenvalue weighted by Gasteiger charge is 2.42. The van der Waals surface area contributed by atoms with Gasteiger partial charge in [0.2, 0.25) is 0 Å². The van der Waals surface area contributed by atoms with E-state index in [1.807, 2.05) is 13.0 Å². The molecule has 2 amide bonds. The highest BCUT2D eigenvalue weighted by Crippen LogP contribution is 2.39. The van der Waals surface area contributed by atoms with E-state index in [1.54, 1.807) is 0 Å². The Kier molecular flexibility index (Phi) is 5.41. The second-order valence-corrected chi connectivity index (χ2v) is 7.44. The van der Waals surface area contributed by atoms with Gasteiger partial charge in [0.25, 0.3) is 0 Å². The minimum atomic E-state index is -0.483. The monoisotopic (exact) mass is 331 g/mol. The number of rotatable bonds is 7. The van der Waals surface area contributed by atoms with Gasteiger partial charge in [-0.3, -0.25) is 4.90 Å². The van der Waals surface area contributed by atoms with Crippen LogP contribution in [0.5, 0.6) is 0 Å². The number of nitrogens with zero attached hydrogens (tertiary/aromatic N) is 1. The summed E-state index contributed by atoms with van der Waals surface area (Å²) in [6.45, 7) is 4.60. The maximum Gasteiger partial charge on any atom is 0.315 e. The zero-order valence-electron chi connectivity index (χ0n) is 14.5. The molecule has 1 aliphatic carbocycles.